The Labute approximate surface area is 106 Å². The Morgan fingerprint density at radius 2 is 2.05 bits per heavy atom. The number of alkyl halides is 3. The molecule has 108 valence electrons. The van der Waals surface area contributed by atoms with E-state index >= 15 is 0 Å². The van der Waals surface area contributed by atoms with E-state index in [1.165, 1.54) is 6.08 Å². The number of nitrogens with zero attached hydrogens (tertiary/aromatic N) is 1. The quantitative estimate of drug-likeness (QED) is 0.615. The highest BCUT2D eigenvalue weighted by Crippen LogP contribution is 2.40. The van der Waals surface area contributed by atoms with Crippen molar-refractivity contribution in [1.82, 2.24) is 4.90 Å². The van der Waals surface area contributed by atoms with Crippen LogP contribution in [0, 0.1) is 11.8 Å². The lowest BCUT2D eigenvalue weighted by Gasteiger charge is -2.16. The average Bonchev–Trinajstić information content (AvgIpc) is 2.78. The van der Waals surface area contributed by atoms with Crippen LogP contribution in [-0.4, -0.2) is 43.1 Å². The van der Waals surface area contributed by atoms with Crippen molar-refractivity contribution in [2.24, 2.45) is 11.8 Å². The molecule has 0 aromatic rings. The van der Waals surface area contributed by atoms with Gasteiger partial charge in [0.25, 0.3) is 0 Å². The summed E-state index contributed by atoms with van der Waals surface area (Å²) in [4.78, 5) is 11.8. The van der Waals surface area contributed by atoms with Crippen molar-refractivity contribution < 1.29 is 35.7 Å². The van der Waals surface area contributed by atoms with Crippen LogP contribution in [0.15, 0.2) is 11.8 Å². The molecule has 0 saturated carbocycles. The molecule has 1 heterocycles. The van der Waals surface area contributed by atoms with Crippen molar-refractivity contribution in [3.8, 4) is 0 Å². The van der Waals surface area contributed by atoms with Gasteiger partial charge in [-0.05, 0) is 18.4 Å². The zero-order chi connectivity index (χ0) is 14.4. The van der Waals surface area contributed by atoms with Crippen LogP contribution in [0.3, 0.4) is 0 Å². The van der Waals surface area contributed by atoms with Crippen LogP contribution in [0.5, 0.6) is 0 Å². The minimum Gasteiger partial charge on any atom is -0.465 e. The molecule has 19 heavy (non-hydrogen) atoms. The van der Waals surface area contributed by atoms with Gasteiger partial charge >= 0.3 is 21.7 Å². The Kier molecular flexibility index (Phi) is 3.15. The number of carbonyl (C=O) groups is 1. The van der Waals surface area contributed by atoms with E-state index in [1.54, 1.807) is 0 Å². The van der Waals surface area contributed by atoms with Crippen LogP contribution in [0.25, 0.3) is 0 Å². The second-order valence-corrected chi connectivity index (χ2v) is 5.92. The first-order valence-electron chi connectivity index (χ1n) is 5.30. The van der Waals surface area contributed by atoms with Gasteiger partial charge in [0.2, 0.25) is 0 Å². The maximum atomic E-state index is 12.2. The molecule has 0 bridgehead atoms. The van der Waals surface area contributed by atoms with Gasteiger partial charge in [-0.15, -0.1) is 0 Å². The highest BCUT2D eigenvalue weighted by atomic mass is 32.2. The normalized spacial score (nSPS) is 27.1. The molecular formula is C9H10F3NO5S. The summed E-state index contributed by atoms with van der Waals surface area (Å²) in [6, 6.07) is 0. The second kappa shape index (κ2) is 4.29. The van der Waals surface area contributed by atoms with Crippen molar-refractivity contribution in [3.63, 3.8) is 0 Å². The maximum Gasteiger partial charge on any atom is 0.534 e. The fourth-order valence-corrected chi connectivity index (χ4v) is 2.82. The second-order valence-electron chi connectivity index (χ2n) is 4.38. The van der Waals surface area contributed by atoms with Gasteiger partial charge in [0.15, 0.2) is 0 Å². The molecule has 0 radical (unpaired) electrons. The van der Waals surface area contributed by atoms with Gasteiger partial charge in [0.1, 0.15) is 5.76 Å². The zero-order valence-electron chi connectivity index (χ0n) is 9.42. The number of likely N-dealkylation sites (tertiary alicyclic amines) is 1. The van der Waals surface area contributed by atoms with Gasteiger partial charge in [0, 0.05) is 19.0 Å². The van der Waals surface area contributed by atoms with Crippen molar-refractivity contribution in [1.29, 1.82) is 0 Å². The summed E-state index contributed by atoms with van der Waals surface area (Å²) in [5.74, 6) is -1.17. The minimum atomic E-state index is -5.69. The summed E-state index contributed by atoms with van der Waals surface area (Å²) in [6.07, 6.45) is 0.391. The molecule has 6 nitrogen and oxygen atoms in total. The molecule has 1 aliphatic heterocycles. The van der Waals surface area contributed by atoms with Crippen LogP contribution in [-0.2, 0) is 14.3 Å². The monoisotopic (exact) mass is 301 g/mol. The summed E-state index contributed by atoms with van der Waals surface area (Å²) >= 11 is 0. The molecule has 0 unspecified atom stereocenters. The third-order valence-electron chi connectivity index (χ3n) is 3.19. The molecule has 10 heteroatoms. The molecule has 0 aromatic carbocycles. The number of hydrogen-bond donors (Lipinski definition) is 1. The zero-order valence-corrected chi connectivity index (χ0v) is 10.2. The lowest BCUT2D eigenvalue weighted by atomic mass is 9.99. The Bertz CT molecular complexity index is 526. The number of carboxylic acid groups (broad SMARTS) is 1. The van der Waals surface area contributed by atoms with Crippen LogP contribution in [0.4, 0.5) is 18.0 Å². The van der Waals surface area contributed by atoms with Gasteiger partial charge in [-0.3, -0.25) is 0 Å². The first-order chi connectivity index (χ1) is 8.62. The van der Waals surface area contributed by atoms with Crippen molar-refractivity contribution in [3.05, 3.63) is 11.8 Å². The Morgan fingerprint density at radius 1 is 1.42 bits per heavy atom. The van der Waals surface area contributed by atoms with E-state index in [4.69, 9.17) is 5.11 Å². The lowest BCUT2D eigenvalue weighted by molar-refractivity contribution is -0.0526. The largest absolute Gasteiger partial charge is 0.534 e. The number of amides is 1. The van der Waals surface area contributed by atoms with E-state index < -0.39 is 27.6 Å². The molecule has 1 amide bonds. The van der Waals surface area contributed by atoms with Gasteiger partial charge in [-0.25, -0.2) is 4.79 Å². The van der Waals surface area contributed by atoms with E-state index in [9.17, 15) is 26.4 Å². The van der Waals surface area contributed by atoms with Crippen LogP contribution in [0.2, 0.25) is 0 Å². The summed E-state index contributed by atoms with van der Waals surface area (Å²) in [5.41, 5.74) is -5.49. The number of halogens is 3. The molecular weight excluding hydrogens is 291 g/mol. The van der Waals surface area contributed by atoms with E-state index in [2.05, 4.69) is 4.18 Å². The molecule has 1 aliphatic carbocycles. The molecule has 0 spiro atoms. The maximum absolute atomic E-state index is 12.2. The number of fused-ring (bicyclic) bond motifs is 1. The van der Waals surface area contributed by atoms with Crippen molar-refractivity contribution >= 4 is 16.2 Å². The standard InChI is InChI=1S/C9H10F3NO5S/c10-9(11,12)19(16,17)18-7-2-1-5-3-13(8(14)15)4-6(5)7/h2,5-6H,1,3-4H2,(H,14,15)/t5-,6+/m0/s1. The predicted molar refractivity (Wildman–Crippen MR) is 55.3 cm³/mol. The summed E-state index contributed by atoms with van der Waals surface area (Å²) < 4.78 is 62.5. The fraction of sp³-hybridized carbons (Fsp3) is 0.667. The number of rotatable bonds is 2. The van der Waals surface area contributed by atoms with Crippen molar-refractivity contribution in [2.75, 3.05) is 13.1 Å². The summed E-state index contributed by atoms with van der Waals surface area (Å²) in [7, 11) is -5.69. The smallest absolute Gasteiger partial charge is 0.465 e. The van der Waals surface area contributed by atoms with Gasteiger partial charge < -0.3 is 14.2 Å². The van der Waals surface area contributed by atoms with Gasteiger partial charge in [0.05, 0.1) is 0 Å². The molecule has 2 atom stereocenters. The van der Waals surface area contributed by atoms with E-state index in [1.807, 2.05) is 0 Å². The number of hydrogen-bond acceptors (Lipinski definition) is 4. The van der Waals surface area contributed by atoms with E-state index in [0.29, 0.717) is 6.42 Å². The molecule has 1 fully saturated rings. The third kappa shape index (κ3) is 2.48. The van der Waals surface area contributed by atoms with Crippen LogP contribution >= 0.6 is 0 Å². The molecule has 1 saturated heterocycles. The fourth-order valence-electron chi connectivity index (χ4n) is 2.28. The van der Waals surface area contributed by atoms with Crippen LogP contribution < -0.4 is 0 Å². The highest BCUT2D eigenvalue weighted by Gasteiger charge is 2.51. The Morgan fingerprint density at radius 3 is 2.58 bits per heavy atom. The molecule has 2 rings (SSSR count). The van der Waals surface area contributed by atoms with Crippen LogP contribution in [0.1, 0.15) is 6.42 Å². The highest BCUT2D eigenvalue weighted by molar-refractivity contribution is 7.87. The average molecular weight is 301 g/mol. The predicted octanol–water partition coefficient (Wildman–Crippen LogP) is 1.37. The first-order valence-corrected chi connectivity index (χ1v) is 6.71. The number of allylic oxidation sites excluding steroid dienone is 1. The Balaban J connectivity index is 2.11. The lowest BCUT2D eigenvalue weighted by Crippen LogP contribution is -2.29. The topological polar surface area (TPSA) is 83.9 Å². The molecule has 2 aliphatic rings. The molecule has 1 N–H and O–H groups in total. The minimum absolute atomic E-state index is 0.0563. The van der Waals surface area contributed by atoms with Gasteiger partial charge in [-0.2, -0.15) is 21.6 Å². The third-order valence-corrected chi connectivity index (χ3v) is 4.17. The summed E-state index contributed by atoms with van der Waals surface area (Å²) in [5, 5.41) is 8.78. The first kappa shape index (κ1) is 14.0. The van der Waals surface area contributed by atoms with Crippen molar-refractivity contribution in [2.45, 2.75) is 11.9 Å². The van der Waals surface area contributed by atoms with E-state index in [0.717, 1.165) is 4.90 Å². The Hall–Kier alpha value is -1.45. The van der Waals surface area contributed by atoms with Gasteiger partial charge in [-0.1, -0.05) is 0 Å². The SMILES string of the molecule is O=C(O)N1C[C@@H]2CC=C(OS(=O)(=O)C(F)(F)F)[C@@H]2C1. The molecule has 0 aromatic heterocycles. The summed E-state index contributed by atoms with van der Waals surface area (Å²) in [6.45, 7) is 0.106. The van der Waals surface area contributed by atoms with E-state index in [-0.39, 0.29) is 24.8 Å².